The van der Waals surface area contributed by atoms with E-state index in [-0.39, 0.29) is 54.9 Å². The van der Waals surface area contributed by atoms with Crippen molar-refractivity contribution in [1.82, 2.24) is 15.2 Å². The van der Waals surface area contributed by atoms with Crippen molar-refractivity contribution in [3.63, 3.8) is 0 Å². The summed E-state index contributed by atoms with van der Waals surface area (Å²) < 4.78 is 53.9. The first-order valence-electron chi connectivity index (χ1n) is 15.6. The van der Waals surface area contributed by atoms with Gasteiger partial charge >= 0.3 is 6.09 Å². The summed E-state index contributed by atoms with van der Waals surface area (Å²) in [6, 6.07) is 11.1. The molecule has 0 saturated carbocycles. The molecule has 2 fully saturated rings. The number of carboxylic acid groups (broad SMARTS) is 1. The van der Waals surface area contributed by atoms with Crippen molar-refractivity contribution in [3.8, 4) is 0 Å². The molecule has 3 N–H and O–H groups in total. The zero-order chi connectivity index (χ0) is 32.6. The van der Waals surface area contributed by atoms with E-state index in [2.05, 4.69) is 15.6 Å². The molecule has 12 heteroatoms. The molecule has 4 atom stereocenters. The standard InChI is InChI=1S/C34H39F3N4O5/c1-21(32-3-2-14-45-32)41(34(43)44)19-26-20-46-27(16-39-26)12-13-28-30(37)17-38-18-31(28)40-33(42)15-29(22-4-8-24(35)9-5-22)23-6-10-25(36)11-7-23/h4-11,17-18,21,26-27,29,32,39H,2-3,12-16,19-20H2,1H3,(H,40,42)(H,43,44)/t21?,26-,27+,32?/m0/s1. The van der Waals surface area contributed by atoms with Crippen LogP contribution < -0.4 is 10.6 Å². The first kappa shape index (κ1) is 33.4. The molecule has 3 heterocycles. The van der Waals surface area contributed by atoms with Gasteiger partial charge in [-0.25, -0.2) is 18.0 Å². The third-order valence-electron chi connectivity index (χ3n) is 8.75. The summed E-state index contributed by atoms with van der Waals surface area (Å²) in [5.41, 5.74) is 1.88. The minimum Gasteiger partial charge on any atom is -0.465 e. The van der Waals surface area contributed by atoms with Gasteiger partial charge in [0.15, 0.2) is 0 Å². The van der Waals surface area contributed by atoms with Gasteiger partial charge in [-0.05, 0) is 68.0 Å². The van der Waals surface area contributed by atoms with E-state index < -0.39 is 35.4 Å². The molecule has 0 spiro atoms. The molecule has 2 aliphatic heterocycles. The maximum atomic E-state index is 15.0. The highest BCUT2D eigenvalue weighted by molar-refractivity contribution is 5.92. The van der Waals surface area contributed by atoms with E-state index in [0.717, 1.165) is 19.0 Å². The van der Waals surface area contributed by atoms with Gasteiger partial charge in [-0.2, -0.15) is 0 Å². The number of ether oxygens (including phenoxy) is 2. The summed E-state index contributed by atoms with van der Waals surface area (Å²) in [4.78, 5) is 30.6. The Hall–Kier alpha value is -4.00. The van der Waals surface area contributed by atoms with Crippen molar-refractivity contribution in [1.29, 1.82) is 0 Å². The van der Waals surface area contributed by atoms with Gasteiger partial charge in [0.2, 0.25) is 5.91 Å². The average Bonchev–Trinajstić information content (AvgIpc) is 3.59. The predicted molar refractivity (Wildman–Crippen MR) is 165 cm³/mol. The van der Waals surface area contributed by atoms with Crippen LogP contribution in [0.2, 0.25) is 0 Å². The van der Waals surface area contributed by atoms with Crippen LogP contribution >= 0.6 is 0 Å². The second-order valence-electron chi connectivity index (χ2n) is 11.9. The summed E-state index contributed by atoms with van der Waals surface area (Å²) in [6.07, 6.45) is 3.54. The van der Waals surface area contributed by atoms with E-state index >= 15 is 0 Å². The Kier molecular flexibility index (Phi) is 11.3. The van der Waals surface area contributed by atoms with E-state index in [4.69, 9.17) is 9.47 Å². The number of halogens is 3. The van der Waals surface area contributed by atoms with Crippen molar-refractivity contribution in [3.05, 3.63) is 95.1 Å². The molecule has 2 saturated heterocycles. The Morgan fingerprint density at radius 3 is 2.28 bits per heavy atom. The monoisotopic (exact) mass is 640 g/mol. The summed E-state index contributed by atoms with van der Waals surface area (Å²) in [6.45, 7) is 3.52. The number of hydrogen-bond acceptors (Lipinski definition) is 6. The number of rotatable bonds is 12. The SMILES string of the molecule is CC(C1CCCO1)N(C[C@H]1CO[C@H](CCc2c(F)cncc2NC(=O)CC(c2ccc(F)cc2)c2ccc(F)cc2)CN1)C(=O)O. The molecule has 2 aliphatic rings. The molecule has 1 aromatic heterocycles. The molecule has 2 amide bonds. The molecule has 0 aliphatic carbocycles. The van der Waals surface area contributed by atoms with Crippen molar-refractivity contribution >= 4 is 17.7 Å². The third-order valence-corrected chi connectivity index (χ3v) is 8.75. The second kappa shape index (κ2) is 15.5. The smallest absolute Gasteiger partial charge is 0.407 e. The van der Waals surface area contributed by atoms with E-state index in [0.29, 0.717) is 37.3 Å². The molecule has 3 aromatic rings. The van der Waals surface area contributed by atoms with Crippen molar-refractivity contribution in [2.45, 2.75) is 69.2 Å². The molecule has 2 aromatic carbocycles. The van der Waals surface area contributed by atoms with Crippen molar-refractivity contribution < 1.29 is 37.3 Å². The number of aromatic nitrogens is 1. The highest BCUT2D eigenvalue weighted by Crippen LogP contribution is 2.30. The van der Waals surface area contributed by atoms with Crippen LogP contribution in [0.3, 0.4) is 0 Å². The topological polar surface area (TPSA) is 113 Å². The van der Waals surface area contributed by atoms with Gasteiger partial charge in [-0.3, -0.25) is 9.78 Å². The average molecular weight is 641 g/mol. The van der Waals surface area contributed by atoms with Gasteiger partial charge in [0.05, 0.1) is 42.9 Å². The Labute approximate surface area is 266 Å². The maximum Gasteiger partial charge on any atom is 0.407 e. The largest absolute Gasteiger partial charge is 0.465 e. The van der Waals surface area contributed by atoms with Crippen molar-refractivity contribution in [2.24, 2.45) is 0 Å². The van der Waals surface area contributed by atoms with Gasteiger partial charge in [0, 0.05) is 43.6 Å². The van der Waals surface area contributed by atoms with E-state index in [9.17, 15) is 27.9 Å². The van der Waals surface area contributed by atoms with Gasteiger partial charge < -0.3 is 30.1 Å². The Morgan fingerprint density at radius 1 is 1.04 bits per heavy atom. The van der Waals surface area contributed by atoms with E-state index in [1.54, 1.807) is 24.3 Å². The number of anilines is 1. The van der Waals surface area contributed by atoms with Gasteiger partial charge in [0.1, 0.15) is 17.5 Å². The zero-order valence-corrected chi connectivity index (χ0v) is 25.6. The Morgan fingerprint density at radius 2 is 1.72 bits per heavy atom. The first-order valence-corrected chi connectivity index (χ1v) is 15.6. The number of amides is 2. The minimum atomic E-state index is -1.00. The number of carbonyl (C=O) groups excluding carboxylic acids is 1. The van der Waals surface area contributed by atoms with Crippen LogP contribution in [0.1, 0.15) is 55.2 Å². The number of nitrogens with one attached hydrogen (secondary N) is 2. The van der Waals surface area contributed by atoms with E-state index in [1.165, 1.54) is 35.4 Å². The highest BCUT2D eigenvalue weighted by atomic mass is 19.1. The summed E-state index contributed by atoms with van der Waals surface area (Å²) >= 11 is 0. The normalized spacial score (nSPS) is 20.4. The molecule has 46 heavy (non-hydrogen) atoms. The van der Waals surface area contributed by atoms with Crippen LogP contribution in [-0.4, -0.2) is 77.6 Å². The fourth-order valence-corrected chi connectivity index (χ4v) is 6.14. The number of nitrogens with zero attached hydrogens (tertiary/aromatic N) is 2. The fourth-order valence-electron chi connectivity index (χ4n) is 6.14. The van der Waals surface area contributed by atoms with Crippen LogP contribution in [0, 0.1) is 17.5 Å². The molecular formula is C34H39F3N4O5. The lowest BCUT2D eigenvalue weighted by Crippen LogP contribution is -2.55. The quantitative estimate of drug-likeness (QED) is 0.240. The number of benzene rings is 2. The zero-order valence-electron chi connectivity index (χ0n) is 25.6. The number of pyridine rings is 1. The number of morpholine rings is 1. The lowest BCUT2D eigenvalue weighted by Gasteiger charge is -2.36. The van der Waals surface area contributed by atoms with Crippen LogP contribution in [0.4, 0.5) is 23.7 Å². The van der Waals surface area contributed by atoms with Crippen LogP contribution in [0.15, 0.2) is 60.9 Å². The predicted octanol–water partition coefficient (Wildman–Crippen LogP) is 5.50. The molecule has 246 valence electrons. The molecular weight excluding hydrogens is 601 g/mol. The molecule has 9 nitrogen and oxygen atoms in total. The summed E-state index contributed by atoms with van der Waals surface area (Å²) in [7, 11) is 0. The summed E-state index contributed by atoms with van der Waals surface area (Å²) in [5.74, 6) is -2.30. The second-order valence-corrected chi connectivity index (χ2v) is 11.9. The third kappa shape index (κ3) is 8.62. The fraction of sp³-hybridized carbons (Fsp3) is 0.441. The summed E-state index contributed by atoms with van der Waals surface area (Å²) in [5, 5.41) is 16.0. The van der Waals surface area contributed by atoms with Gasteiger partial charge in [0.25, 0.3) is 0 Å². The van der Waals surface area contributed by atoms with Crippen LogP contribution in [0.25, 0.3) is 0 Å². The van der Waals surface area contributed by atoms with Crippen LogP contribution in [0.5, 0.6) is 0 Å². The van der Waals surface area contributed by atoms with Crippen LogP contribution in [-0.2, 0) is 20.7 Å². The van der Waals surface area contributed by atoms with E-state index in [1.807, 2.05) is 6.92 Å². The Bertz CT molecular complexity index is 1420. The Balaban J connectivity index is 1.18. The molecule has 2 unspecified atom stereocenters. The van der Waals surface area contributed by atoms with Crippen molar-refractivity contribution in [2.75, 3.05) is 31.6 Å². The minimum absolute atomic E-state index is 0.0525. The first-order chi connectivity index (χ1) is 22.2. The highest BCUT2D eigenvalue weighted by Gasteiger charge is 2.33. The number of hydrogen-bond donors (Lipinski definition) is 3. The molecule has 0 radical (unpaired) electrons. The lowest BCUT2D eigenvalue weighted by molar-refractivity contribution is -0.116. The number of carbonyl (C=O) groups is 2. The van der Waals surface area contributed by atoms with Gasteiger partial charge in [-0.1, -0.05) is 24.3 Å². The molecule has 0 bridgehead atoms. The molecule has 5 rings (SSSR count). The maximum absolute atomic E-state index is 15.0. The lowest BCUT2D eigenvalue weighted by atomic mass is 9.88. The van der Waals surface area contributed by atoms with Gasteiger partial charge in [-0.15, -0.1) is 0 Å².